The van der Waals surface area contributed by atoms with Gasteiger partial charge in [-0.25, -0.2) is 8.42 Å². The first kappa shape index (κ1) is 14.3. The van der Waals surface area contributed by atoms with E-state index >= 15 is 0 Å². The van der Waals surface area contributed by atoms with E-state index in [4.69, 9.17) is 16.7 Å². The van der Waals surface area contributed by atoms with Gasteiger partial charge in [0.2, 0.25) is 15.9 Å². The fourth-order valence-electron chi connectivity index (χ4n) is 2.29. The van der Waals surface area contributed by atoms with Crippen LogP contribution in [-0.4, -0.2) is 31.2 Å². The van der Waals surface area contributed by atoms with Gasteiger partial charge in [-0.3, -0.25) is 4.79 Å². The Kier molecular flexibility index (Phi) is 3.65. The predicted molar refractivity (Wildman–Crippen MR) is 71.7 cm³/mol. The maximum Gasteiger partial charge on any atom is 0.245 e. The molecular weight excluding hydrogens is 280 g/mol. The third-order valence-electron chi connectivity index (χ3n) is 3.26. The van der Waals surface area contributed by atoms with Crippen molar-refractivity contribution in [2.45, 2.75) is 23.8 Å². The van der Waals surface area contributed by atoms with Gasteiger partial charge in [0.05, 0.1) is 17.3 Å². The number of nitrogen functional groups attached to an aromatic ring is 1. The first-order valence-electron chi connectivity index (χ1n) is 5.98. The molecule has 1 unspecified atom stereocenters. The molecule has 20 heavy (non-hydrogen) atoms. The van der Waals surface area contributed by atoms with Gasteiger partial charge in [-0.2, -0.15) is 9.57 Å². The molecule has 1 aromatic rings. The molecule has 1 saturated heterocycles. The summed E-state index contributed by atoms with van der Waals surface area (Å²) >= 11 is 0. The molecule has 8 heteroatoms. The Balaban J connectivity index is 2.46. The van der Waals surface area contributed by atoms with Gasteiger partial charge in [-0.05, 0) is 31.0 Å². The van der Waals surface area contributed by atoms with Crippen molar-refractivity contribution in [1.82, 2.24) is 4.31 Å². The number of sulfonamides is 1. The highest BCUT2D eigenvalue weighted by Gasteiger charge is 2.39. The molecule has 0 spiro atoms. The van der Waals surface area contributed by atoms with Crippen LogP contribution < -0.4 is 11.5 Å². The predicted octanol–water partition coefficient (Wildman–Crippen LogP) is -0.221. The van der Waals surface area contributed by atoms with E-state index in [9.17, 15) is 13.2 Å². The molecule has 1 aromatic carbocycles. The summed E-state index contributed by atoms with van der Waals surface area (Å²) in [6, 6.07) is 4.99. The van der Waals surface area contributed by atoms with Crippen molar-refractivity contribution in [2.24, 2.45) is 5.73 Å². The minimum atomic E-state index is -3.89. The quantitative estimate of drug-likeness (QED) is 0.744. The van der Waals surface area contributed by atoms with E-state index in [2.05, 4.69) is 0 Å². The number of carbonyl (C=O) groups excluding carboxylic acids is 1. The molecule has 0 radical (unpaired) electrons. The number of primary amides is 1. The van der Waals surface area contributed by atoms with Crippen LogP contribution in [0.15, 0.2) is 23.1 Å². The number of benzene rings is 1. The topological polar surface area (TPSA) is 130 Å². The summed E-state index contributed by atoms with van der Waals surface area (Å²) in [6.07, 6.45) is 0.980. The second-order valence-corrected chi connectivity index (χ2v) is 6.40. The highest BCUT2D eigenvalue weighted by Crippen LogP contribution is 2.29. The Morgan fingerprint density at radius 3 is 2.70 bits per heavy atom. The van der Waals surface area contributed by atoms with E-state index in [-0.39, 0.29) is 22.7 Å². The Morgan fingerprint density at radius 1 is 1.45 bits per heavy atom. The Labute approximate surface area is 116 Å². The number of carbonyl (C=O) groups is 1. The van der Waals surface area contributed by atoms with Crippen LogP contribution in [0.3, 0.4) is 0 Å². The highest BCUT2D eigenvalue weighted by molar-refractivity contribution is 7.89. The molecule has 106 valence electrons. The molecule has 1 aliphatic heterocycles. The summed E-state index contributed by atoms with van der Waals surface area (Å²) in [5.74, 6) is -0.668. The minimum Gasteiger partial charge on any atom is -0.398 e. The number of rotatable bonds is 3. The summed E-state index contributed by atoms with van der Waals surface area (Å²) in [5, 5.41) is 8.76. The zero-order valence-corrected chi connectivity index (χ0v) is 11.4. The van der Waals surface area contributed by atoms with E-state index in [0.29, 0.717) is 12.8 Å². The largest absolute Gasteiger partial charge is 0.398 e. The maximum absolute atomic E-state index is 12.5. The van der Waals surface area contributed by atoms with Crippen molar-refractivity contribution in [1.29, 1.82) is 5.26 Å². The number of hydrogen-bond donors (Lipinski definition) is 2. The van der Waals surface area contributed by atoms with E-state index in [0.717, 1.165) is 4.31 Å². The lowest BCUT2D eigenvalue weighted by Crippen LogP contribution is -2.43. The molecule has 1 atom stereocenters. The number of nitrogens with zero attached hydrogens (tertiary/aromatic N) is 2. The summed E-state index contributed by atoms with van der Waals surface area (Å²) in [5.41, 5.74) is 11.2. The number of hydrogen-bond acceptors (Lipinski definition) is 5. The second kappa shape index (κ2) is 5.11. The van der Waals surface area contributed by atoms with Crippen molar-refractivity contribution in [3.63, 3.8) is 0 Å². The molecular formula is C12H14N4O3S. The smallest absolute Gasteiger partial charge is 0.245 e. The third kappa shape index (κ3) is 2.33. The van der Waals surface area contributed by atoms with Gasteiger partial charge in [0.25, 0.3) is 0 Å². The summed E-state index contributed by atoms with van der Waals surface area (Å²) in [6.45, 7) is 0.232. The van der Waals surface area contributed by atoms with E-state index in [1.807, 2.05) is 6.07 Å². The summed E-state index contributed by atoms with van der Waals surface area (Å²) < 4.78 is 26.1. The van der Waals surface area contributed by atoms with Crippen LogP contribution in [0.4, 0.5) is 5.69 Å². The number of anilines is 1. The lowest BCUT2D eigenvalue weighted by molar-refractivity contribution is -0.121. The fraction of sp³-hybridized carbons (Fsp3) is 0.333. The van der Waals surface area contributed by atoms with Gasteiger partial charge in [0.1, 0.15) is 10.9 Å². The molecule has 1 aliphatic rings. The Hall–Kier alpha value is -2.11. The second-order valence-electron chi connectivity index (χ2n) is 4.54. The van der Waals surface area contributed by atoms with E-state index in [1.54, 1.807) is 0 Å². The Bertz CT molecular complexity index is 693. The molecule has 0 saturated carbocycles. The van der Waals surface area contributed by atoms with Crippen LogP contribution in [0, 0.1) is 11.3 Å². The van der Waals surface area contributed by atoms with Gasteiger partial charge in [-0.15, -0.1) is 0 Å². The normalized spacial score (nSPS) is 19.6. The minimum absolute atomic E-state index is 0.0147. The molecule has 2 rings (SSSR count). The third-order valence-corrected chi connectivity index (χ3v) is 5.24. The van der Waals surface area contributed by atoms with Gasteiger partial charge in [0, 0.05) is 6.54 Å². The fourth-order valence-corrected chi connectivity index (χ4v) is 4.05. The standard InChI is InChI=1S/C12H14N4O3S/c13-7-8-3-4-11(9(14)6-8)20(18,19)16-5-1-2-10(16)12(15)17/h3-4,6,10H,1-2,5,14H2,(H2,15,17). The SMILES string of the molecule is N#Cc1ccc(S(=O)(=O)N2CCCC2C(N)=O)c(N)c1. The van der Waals surface area contributed by atoms with Crippen molar-refractivity contribution < 1.29 is 13.2 Å². The van der Waals surface area contributed by atoms with Crippen molar-refractivity contribution in [2.75, 3.05) is 12.3 Å². The Morgan fingerprint density at radius 2 is 2.15 bits per heavy atom. The van der Waals surface area contributed by atoms with Crippen molar-refractivity contribution in [3.05, 3.63) is 23.8 Å². The molecule has 0 aliphatic carbocycles. The van der Waals surface area contributed by atoms with Gasteiger partial charge >= 0.3 is 0 Å². The van der Waals surface area contributed by atoms with Crippen molar-refractivity contribution in [3.8, 4) is 6.07 Å². The molecule has 0 aromatic heterocycles. The van der Waals surface area contributed by atoms with Gasteiger partial charge < -0.3 is 11.5 Å². The molecule has 1 fully saturated rings. The lowest BCUT2D eigenvalue weighted by atomic mass is 10.2. The van der Waals surface area contributed by atoms with Crippen LogP contribution in [0.5, 0.6) is 0 Å². The molecule has 4 N–H and O–H groups in total. The van der Waals surface area contributed by atoms with Crippen LogP contribution >= 0.6 is 0 Å². The average molecular weight is 294 g/mol. The van der Waals surface area contributed by atoms with Crippen LogP contribution in [0.2, 0.25) is 0 Å². The first-order valence-corrected chi connectivity index (χ1v) is 7.42. The maximum atomic E-state index is 12.5. The first-order chi connectivity index (χ1) is 9.37. The highest BCUT2D eigenvalue weighted by atomic mass is 32.2. The van der Waals surface area contributed by atoms with Gasteiger partial charge in [0.15, 0.2) is 0 Å². The van der Waals surface area contributed by atoms with E-state index in [1.165, 1.54) is 18.2 Å². The average Bonchev–Trinajstić information content (AvgIpc) is 2.88. The molecule has 0 bridgehead atoms. The van der Waals surface area contributed by atoms with E-state index < -0.39 is 22.0 Å². The van der Waals surface area contributed by atoms with Crippen LogP contribution in [-0.2, 0) is 14.8 Å². The summed E-state index contributed by atoms with van der Waals surface area (Å²) in [7, 11) is -3.89. The number of amides is 1. The zero-order valence-electron chi connectivity index (χ0n) is 10.6. The lowest BCUT2D eigenvalue weighted by Gasteiger charge is -2.22. The number of nitrogens with two attached hydrogens (primary N) is 2. The monoisotopic (exact) mass is 294 g/mol. The molecule has 1 amide bonds. The van der Waals surface area contributed by atoms with Crippen molar-refractivity contribution >= 4 is 21.6 Å². The van der Waals surface area contributed by atoms with Crippen LogP contribution in [0.25, 0.3) is 0 Å². The van der Waals surface area contributed by atoms with Crippen LogP contribution in [0.1, 0.15) is 18.4 Å². The number of nitriles is 1. The summed E-state index contributed by atoms with van der Waals surface area (Å²) in [4.78, 5) is 11.2. The molecule has 7 nitrogen and oxygen atoms in total. The molecule has 1 heterocycles. The van der Waals surface area contributed by atoms with Gasteiger partial charge in [-0.1, -0.05) is 0 Å². The zero-order chi connectivity index (χ0) is 14.9.